The smallest absolute Gasteiger partial charge is 0.392 e. The third kappa shape index (κ3) is 5.55. The Balaban J connectivity index is 1.63. The van der Waals surface area contributed by atoms with Crippen molar-refractivity contribution in [1.29, 1.82) is 0 Å². The van der Waals surface area contributed by atoms with Gasteiger partial charge in [-0.15, -0.1) is 0 Å². The molecule has 2 aromatic rings. The van der Waals surface area contributed by atoms with Crippen molar-refractivity contribution in [3.8, 4) is 11.1 Å². The number of carbonyl (C=O) groups excluding carboxylic acids is 2. The molecule has 2 aliphatic heterocycles. The molecule has 176 valence electrons. The number of fused-ring (bicyclic) bond motifs is 1. The van der Waals surface area contributed by atoms with Crippen LogP contribution in [-0.4, -0.2) is 54.4 Å². The van der Waals surface area contributed by atoms with Crippen LogP contribution in [0.5, 0.6) is 0 Å². The molecule has 1 fully saturated rings. The van der Waals surface area contributed by atoms with Crippen LogP contribution in [0.4, 0.5) is 5.69 Å². The highest BCUT2D eigenvalue weighted by atomic mass is 16.5. The molecule has 2 heterocycles. The first kappa shape index (κ1) is 23.7. The topological polar surface area (TPSA) is 103 Å². The first-order valence-electron chi connectivity index (χ1n) is 11.6. The van der Waals surface area contributed by atoms with Crippen molar-refractivity contribution < 1.29 is 19.3 Å². The van der Waals surface area contributed by atoms with E-state index in [9.17, 15) is 14.6 Å². The molecule has 0 spiro atoms. The molecule has 0 aromatic heterocycles. The number of carbonyl (C=O) groups is 2. The summed E-state index contributed by atoms with van der Waals surface area (Å²) in [4.78, 5) is 31.7. The number of rotatable bonds is 6. The SMILES string of the molecule is CCOC(=O)C1=Cc2cc(-c3ccc(C(=O)N4CCCC4)cc3)ccc2N=C(NNB(C)O)C1. The van der Waals surface area contributed by atoms with Gasteiger partial charge in [-0.05, 0) is 68.1 Å². The predicted octanol–water partition coefficient (Wildman–Crippen LogP) is 3.17. The minimum absolute atomic E-state index is 0.0770. The molecule has 8 nitrogen and oxygen atoms in total. The lowest BCUT2D eigenvalue weighted by Crippen LogP contribution is -2.46. The summed E-state index contributed by atoms with van der Waals surface area (Å²) in [6, 6.07) is 13.4. The molecule has 0 atom stereocenters. The van der Waals surface area contributed by atoms with E-state index in [4.69, 9.17) is 4.74 Å². The lowest BCUT2D eigenvalue weighted by atomic mass is 9.91. The van der Waals surface area contributed by atoms with Gasteiger partial charge in [0.2, 0.25) is 0 Å². The van der Waals surface area contributed by atoms with Crippen molar-refractivity contribution in [3.63, 3.8) is 0 Å². The van der Waals surface area contributed by atoms with Gasteiger partial charge in [0.15, 0.2) is 0 Å². The van der Waals surface area contributed by atoms with E-state index in [1.54, 1.807) is 19.8 Å². The lowest BCUT2D eigenvalue weighted by Gasteiger charge is -2.15. The number of hydrogen-bond donors (Lipinski definition) is 3. The maximum absolute atomic E-state index is 12.6. The molecule has 0 bridgehead atoms. The molecule has 1 amide bonds. The van der Waals surface area contributed by atoms with Gasteiger partial charge in [-0.25, -0.2) is 15.1 Å². The molecule has 0 radical (unpaired) electrons. The van der Waals surface area contributed by atoms with E-state index >= 15 is 0 Å². The lowest BCUT2D eigenvalue weighted by molar-refractivity contribution is -0.138. The fourth-order valence-electron chi connectivity index (χ4n) is 4.08. The van der Waals surface area contributed by atoms with Crippen LogP contribution < -0.4 is 10.8 Å². The van der Waals surface area contributed by atoms with Gasteiger partial charge in [0.05, 0.1) is 12.3 Å². The van der Waals surface area contributed by atoms with E-state index in [0.717, 1.165) is 42.6 Å². The molecule has 2 aromatic carbocycles. The van der Waals surface area contributed by atoms with Crippen molar-refractivity contribution in [1.82, 2.24) is 15.7 Å². The molecule has 0 aliphatic carbocycles. The van der Waals surface area contributed by atoms with Crippen LogP contribution in [0.3, 0.4) is 0 Å². The van der Waals surface area contributed by atoms with Gasteiger partial charge in [0.1, 0.15) is 5.84 Å². The summed E-state index contributed by atoms with van der Waals surface area (Å²) >= 11 is 0. The monoisotopic (exact) mass is 460 g/mol. The maximum atomic E-state index is 12.6. The van der Waals surface area contributed by atoms with Gasteiger partial charge in [-0.2, -0.15) is 0 Å². The molecular weight excluding hydrogens is 431 g/mol. The first-order valence-corrected chi connectivity index (χ1v) is 11.6. The van der Waals surface area contributed by atoms with Crippen molar-refractivity contribution >= 4 is 36.5 Å². The van der Waals surface area contributed by atoms with E-state index in [2.05, 4.69) is 15.8 Å². The summed E-state index contributed by atoms with van der Waals surface area (Å²) in [5.74, 6) is 0.168. The highest BCUT2D eigenvalue weighted by Gasteiger charge is 2.21. The van der Waals surface area contributed by atoms with Gasteiger partial charge < -0.3 is 20.1 Å². The number of nitrogens with one attached hydrogen (secondary N) is 2. The maximum Gasteiger partial charge on any atom is 0.392 e. The van der Waals surface area contributed by atoms with Crippen LogP contribution >= 0.6 is 0 Å². The fourth-order valence-corrected chi connectivity index (χ4v) is 4.08. The number of hydrazine groups is 1. The number of benzene rings is 2. The Morgan fingerprint density at radius 3 is 2.50 bits per heavy atom. The summed E-state index contributed by atoms with van der Waals surface area (Å²) in [5, 5.41) is 12.2. The average Bonchev–Trinajstić information content (AvgIpc) is 3.31. The largest absolute Gasteiger partial charge is 0.463 e. The van der Waals surface area contributed by atoms with E-state index in [0.29, 0.717) is 22.7 Å². The second-order valence-electron chi connectivity index (χ2n) is 8.42. The third-order valence-corrected chi connectivity index (χ3v) is 5.79. The Morgan fingerprint density at radius 2 is 1.82 bits per heavy atom. The van der Waals surface area contributed by atoms with Crippen LogP contribution in [0.25, 0.3) is 17.2 Å². The minimum Gasteiger partial charge on any atom is -0.463 e. The Kier molecular flexibility index (Phi) is 7.44. The van der Waals surface area contributed by atoms with E-state index in [-0.39, 0.29) is 18.9 Å². The molecular formula is C25H29BN4O4. The molecule has 4 rings (SSSR count). The minimum atomic E-state index is -0.789. The normalized spacial score (nSPS) is 15.1. The molecule has 0 unspecified atom stereocenters. The molecule has 2 aliphatic rings. The van der Waals surface area contributed by atoms with E-state index < -0.39 is 13.0 Å². The predicted molar refractivity (Wildman–Crippen MR) is 133 cm³/mol. The standard InChI is InChI=1S/C25H29BN4O4/c1-3-34-25(32)21-15-20-14-19(10-11-22(20)27-23(16-21)28-29-26(2)33)17-6-8-18(9-7-17)24(31)30-12-4-5-13-30/h6-11,14-15,29,33H,3-5,12-13,16H2,1-2H3,(H,27,28). The quantitative estimate of drug-likeness (QED) is 0.348. The summed E-state index contributed by atoms with van der Waals surface area (Å²) in [6.45, 7) is 5.27. The van der Waals surface area contributed by atoms with Crippen LogP contribution in [0.2, 0.25) is 6.82 Å². The van der Waals surface area contributed by atoms with Crippen LogP contribution in [-0.2, 0) is 9.53 Å². The molecule has 3 N–H and O–H groups in total. The van der Waals surface area contributed by atoms with Gasteiger partial charge in [0, 0.05) is 36.2 Å². The Morgan fingerprint density at radius 1 is 1.12 bits per heavy atom. The Labute approximate surface area is 199 Å². The summed E-state index contributed by atoms with van der Waals surface area (Å²) in [5.41, 5.74) is 7.43. The third-order valence-electron chi connectivity index (χ3n) is 5.79. The van der Waals surface area contributed by atoms with Crippen molar-refractivity contribution in [3.05, 3.63) is 59.2 Å². The number of aliphatic imine (C=N–C) groups is 1. The summed E-state index contributed by atoms with van der Waals surface area (Å²) in [6.07, 6.45) is 4.16. The molecule has 9 heteroatoms. The highest BCUT2D eigenvalue weighted by Crippen LogP contribution is 2.32. The van der Waals surface area contributed by atoms with Crippen LogP contribution in [0.1, 0.15) is 42.1 Å². The zero-order valence-electron chi connectivity index (χ0n) is 19.5. The zero-order valence-corrected chi connectivity index (χ0v) is 19.5. The fraction of sp³-hybridized carbons (Fsp3) is 0.320. The molecule has 1 saturated heterocycles. The Bertz CT molecular complexity index is 1120. The first-order chi connectivity index (χ1) is 16.4. The number of likely N-dealkylation sites (tertiary alicyclic amines) is 1. The van der Waals surface area contributed by atoms with Gasteiger partial charge >= 0.3 is 13.0 Å². The van der Waals surface area contributed by atoms with Crippen molar-refractivity contribution in [2.45, 2.75) is 33.0 Å². The second-order valence-corrected chi connectivity index (χ2v) is 8.42. The van der Waals surface area contributed by atoms with Gasteiger partial charge in [-0.3, -0.25) is 4.79 Å². The van der Waals surface area contributed by atoms with Gasteiger partial charge in [0.25, 0.3) is 5.91 Å². The zero-order chi connectivity index (χ0) is 24.1. The van der Waals surface area contributed by atoms with Crippen LogP contribution in [0, 0.1) is 0 Å². The number of amidine groups is 1. The summed E-state index contributed by atoms with van der Waals surface area (Å²) in [7, 11) is -0.789. The van der Waals surface area contributed by atoms with Crippen LogP contribution in [0.15, 0.2) is 53.0 Å². The molecule has 34 heavy (non-hydrogen) atoms. The van der Waals surface area contributed by atoms with Crippen molar-refractivity contribution in [2.24, 2.45) is 4.99 Å². The van der Waals surface area contributed by atoms with E-state index in [1.165, 1.54) is 0 Å². The molecule has 0 saturated carbocycles. The van der Waals surface area contributed by atoms with E-state index in [1.807, 2.05) is 47.4 Å². The number of ether oxygens (including phenoxy) is 1. The highest BCUT2D eigenvalue weighted by molar-refractivity contribution is 6.45. The second kappa shape index (κ2) is 10.7. The summed E-state index contributed by atoms with van der Waals surface area (Å²) < 4.78 is 5.22. The number of esters is 1. The number of hydrogen-bond acceptors (Lipinski definition) is 7. The Hall–Kier alpha value is -3.43. The van der Waals surface area contributed by atoms with Gasteiger partial charge in [-0.1, -0.05) is 18.2 Å². The average molecular weight is 460 g/mol. The van der Waals surface area contributed by atoms with Crippen molar-refractivity contribution in [2.75, 3.05) is 19.7 Å². The number of amides is 1. The number of nitrogens with zero attached hydrogens (tertiary/aromatic N) is 2.